The van der Waals surface area contributed by atoms with E-state index in [0.717, 1.165) is 65.7 Å². The number of nitrogens with zero attached hydrogens (tertiary/aromatic N) is 4. The van der Waals surface area contributed by atoms with E-state index in [4.69, 9.17) is 9.47 Å². The Kier molecular flexibility index (Phi) is 7.32. The van der Waals surface area contributed by atoms with Gasteiger partial charge in [0.1, 0.15) is 0 Å². The normalized spacial score (nSPS) is 38.4. The summed E-state index contributed by atoms with van der Waals surface area (Å²) in [7, 11) is 0. The Bertz CT molecular complexity index is 1210. The lowest BCUT2D eigenvalue weighted by atomic mass is 9.35. The highest BCUT2D eigenvalue weighted by molar-refractivity contribution is 5.38. The van der Waals surface area contributed by atoms with Gasteiger partial charge >= 0.3 is 0 Å². The molecule has 0 N–H and O–H groups in total. The Labute approximate surface area is 265 Å². The van der Waals surface area contributed by atoms with Gasteiger partial charge in [-0.05, 0) is 34.8 Å². The van der Waals surface area contributed by atoms with Crippen LogP contribution in [-0.2, 0) is 22.6 Å². The van der Waals surface area contributed by atoms with Crippen molar-refractivity contribution in [2.75, 3.05) is 65.7 Å². The van der Waals surface area contributed by atoms with E-state index in [2.05, 4.69) is 108 Å². The smallest absolute Gasteiger partial charge is 0.0594 e. The lowest BCUT2D eigenvalue weighted by molar-refractivity contribution is -0.201. The molecule has 0 amide bonds. The first kappa shape index (κ1) is 29.6. The van der Waals surface area contributed by atoms with Crippen LogP contribution in [0.4, 0.5) is 0 Å². The zero-order chi connectivity index (χ0) is 30.2. The average Bonchev–Trinajstić information content (AvgIpc) is 3.22. The maximum atomic E-state index is 5.93. The molecule has 4 saturated heterocycles. The van der Waals surface area contributed by atoms with Crippen LogP contribution in [0.2, 0.25) is 0 Å². The van der Waals surface area contributed by atoms with Gasteiger partial charge in [0.05, 0.1) is 26.4 Å². The summed E-state index contributed by atoms with van der Waals surface area (Å²) >= 11 is 0. The lowest BCUT2D eigenvalue weighted by Gasteiger charge is -2.69. The third-order valence-corrected chi connectivity index (χ3v) is 14.0. The molecule has 2 saturated carbocycles. The highest BCUT2D eigenvalue weighted by Gasteiger charge is 2.85. The van der Waals surface area contributed by atoms with Crippen molar-refractivity contribution in [3.63, 3.8) is 0 Å². The van der Waals surface area contributed by atoms with E-state index in [1.807, 2.05) is 0 Å². The van der Waals surface area contributed by atoms with Gasteiger partial charge in [0.2, 0.25) is 0 Å². The molecular weight excluding hydrogens is 544 g/mol. The van der Waals surface area contributed by atoms with Crippen LogP contribution < -0.4 is 0 Å². The van der Waals surface area contributed by atoms with Crippen molar-refractivity contribution in [1.29, 1.82) is 0 Å². The van der Waals surface area contributed by atoms with Gasteiger partial charge in [-0.2, -0.15) is 0 Å². The molecule has 6 unspecified atom stereocenters. The highest BCUT2D eigenvalue weighted by atomic mass is 16.5. The van der Waals surface area contributed by atoms with E-state index in [-0.39, 0.29) is 21.7 Å². The first-order chi connectivity index (χ1) is 21.3. The van der Waals surface area contributed by atoms with E-state index < -0.39 is 0 Å². The van der Waals surface area contributed by atoms with Crippen LogP contribution in [0.15, 0.2) is 60.7 Å². The molecule has 8 rings (SSSR count). The Balaban J connectivity index is 1.31. The number of morpholine rings is 2. The molecule has 238 valence electrons. The van der Waals surface area contributed by atoms with Gasteiger partial charge in [0.25, 0.3) is 0 Å². The van der Waals surface area contributed by atoms with Crippen LogP contribution in [0.3, 0.4) is 0 Å². The Hall–Kier alpha value is -1.80. The summed E-state index contributed by atoms with van der Waals surface area (Å²) in [5.41, 5.74) is 3.61. The fourth-order valence-corrected chi connectivity index (χ4v) is 12.1. The third-order valence-electron chi connectivity index (χ3n) is 14.0. The van der Waals surface area contributed by atoms with Crippen molar-refractivity contribution in [3.8, 4) is 0 Å². The number of rotatable bonds is 8. The monoisotopic (exact) mass is 598 g/mol. The van der Waals surface area contributed by atoms with Crippen LogP contribution in [0, 0.1) is 21.7 Å². The molecule has 2 aliphatic carbocycles. The first-order valence-corrected chi connectivity index (χ1v) is 17.5. The molecule has 4 aliphatic heterocycles. The topological polar surface area (TPSA) is 31.4 Å². The summed E-state index contributed by atoms with van der Waals surface area (Å²) < 4.78 is 11.9. The van der Waals surface area contributed by atoms with Gasteiger partial charge < -0.3 is 9.47 Å². The molecule has 6 fully saturated rings. The Morgan fingerprint density at radius 2 is 0.909 bits per heavy atom. The van der Waals surface area contributed by atoms with Crippen molar-refractivity contribution in [2.24, 2.45) is 21.7 Å². The number of likely N-dealkylation sites (tertiary alicyclic amines) is 2. The van der Waals surface area contributed by atoms with E-state index in [0.29, 0.717) is 24.2 Å². The van der Waals surface area contributed by atoms with Crippen LogP contribution in [0.25, 0.3) is 0 Å². The second-order valence-electron chi connectivity index (χ2n) is 16.0. The Morgan fingerprint density at radius 1 is 0.545 bits per heavy atom. The average molecular weight is 599 g/mol. The summed E-state index contributed by atoms with van der Waals surface area (Å²) in [6, 6.07) is 24.9. The van der Waals surface area contributed by atoms with Gasteiger partial charge in [-0.1, -0.05) is 88.4 Å². The van der Waals surface area contributed by atoms with Gasteiger partial charge in [0, 0.05) is 87.4 Å². The minimum absolute atomic E-state index is 0.156. The molecule has 6 nitrogen and oxygen atoms in total. The molecule has 0 radical (unpaired) electrons. The van der Waals surface area contributed by atoms with E-state index in [1.54, 1.807) is 0 Å². The molecule has 6 heteroatoms. The van der Waals surface area contributed by atoms with E-state index in [9.17, 15) is 0 Å². The van der Waals surface area contributed by atoms with Crippen LogP contribution >= 0.6 is 0 Å². The second kappa shape index (κ2) is 10.9. The maximum absolute atomic E-state index is 5.93. The standard InChI is InChI=1S/C38H54N4O2/c1-35(2)31-23-34-38(28-40-17-21-44-22-18-40)36(3,4)32(42(34)26-30-13-9-6-10-14-30)24-33(41(31)25-29-11-7-5-8-12-29)37(35,38)27-39-15-19-43-20-16-39/h5-14,31-34H,15-28H2,1-4H3. The van der Waals surface area contributed by atoms with Gasteiger partial charge in [-0.25, -0.2) is 0 Å². The quantitative estimate of drug-likeness (QED) is 0.426. The largest absolute Gasteiger partial charge is 0.379 e. The summed E-state index contributed by atoms with van der Waals surface area (Å²) in [4.78, 5) is 11.7. The molecular formula is C38H54N4O2. The molecule has 0 aromatic heterocycles. The SMILES string of the molecule is CC1(C)C2CC3N(Cc4ccccc4)C4CC(N2Cc2ccccc2)C1(CN1CCOCC1)C3(CN1CCOCC1)C4(C)C. The van der Waals surface area contributed by atoms with Crippen molar-refractivity contribution in [3.05, 3.63) is 71.8 Å². The predicted octanol–water partition coefficient (Wildman–Crippen LogP) is 4.99. The summed E-state index contributed by atoms with van der Waals surface area (Å²) in [6.45, 7) is 23.0. The summed E-state index contributed by atoms with van der Waals surface area (Å²) in [5, 5.41) is 0. The van der Waals surface area contributed by atoms with Crippen molar-refractivity contribution >= 4 is 0 Å². The van der Waals surface area contributed by atoms with E-state index in [1.165, 1.54) is 37.1 Å². The number of fused-ring (bicyclic) bond motifs is 2. The number of hydrogen-bond donors (Lipinski definition) is 0. The first-order valence-electron chi connectivity index (χ1n) is 17.5. The Morgan fingerprint density at radius 3 is 1.27 bits per heavy atom. The molecule has 44 heavy (non-hydrogen) atoms. The van der Waals surface area contributed by atoms with Crippen molar-refractivity contribution in [2.45, 2.75) is 77.8 Å². The third kappa shape index (κ3) is 4.07. The fraction of sp³-hybridized carbons (Fsp3) is 0.684. The van der Waals surface area contributed by atoms with Crippen molar-refractivity contribution < 1.29 is 9.47 Å². The molecule has 6 atom stereocenters. The minimum Gasteiger partial charge on any atom is -0.379 e. The zero-order valence-corrected chi connectivity index (χ0v) is 27.6. The van der Waals surface area contributed by atoms with Crippen LogP contribution in [-0.4, -0.2) is 109 Å². The fourth-order valence-electron chi connectivity index (χ4n) is 12.1. The molecule has 2 aromatic carbocycles. The summed E-state index contributed by atoms with van der Waals surface area (Å²) in [5.74, 6) is 0. The van der Waals surface area contributed by atoms with Crippen molar-refractivity contribution in [1.82, 2.24) is 19.6 Å². The maximum Gasteiger partial charge on any atom is 0.0594 e. The van der Waals surface area contributed by atoms with Gasteiger partial charge in [-0.15, -0.1) is 0 Å². The van der Waals surface area contributed by atoms with E-state index >= 15 is 0 Å². The predicted molar refractivity (Wildman–Crippen MR) is 175 cm³/mol. The highest BCUT2D eigenvalue weighted by Crippen LogP contribution is 2.80. The number of hydrogen-bond acceptors (Lipinski definition) is 6. The molecule has 6 aliphatic rings. The van der Waals surface area contributed by atoms with Crippen LogP contribution in [0.5, 0.6) is 0 Å². The van der Waals surface area contributed by atoms with Gasteiger partial charge in [0.15, 0.2) is 0 Å². The molecule has 2 aromatic rings. The second-order valence-corrected chi connectivity index (χ2v) is 16.0. The molecule has 4 heterocycles. The number of benzene rings is 2. The molecule has 4 bridgehead atoms. The lowest BCUT2D eigenvalue weighted by Crippen LogP contribution is -2.75. The van der Waals surface area contributed by atoms with Gasteiger partial charge in [-0.3, -0.25) is 19.6 Å². The zero-order valence-electron chi connectivity index (χ0n) is 27.6. The van der Waals surface area contributed by atoms with Crippen LogP contribution in [0.1, 0.15) is 51.7 Å². The summed E-state index contributed by atoms with van der Waals surface area (Å²) in [6.07, 6.45) is 2.52. The number of ether oxygens (including phenoxy) is 2. The minimum atomic E-state index is 0.156. The molecule has 0 spiro atoms.